The molecule has 0 aromatic heterocycles. The standard InChI is InChI=1S/C12H8ClIOS/c13-8-1-6-12(11(14)7-8)16-10-4-2-9(15)3-5-10/h1-7,15H. The lowest BCUT2D eigenvalue weighted by Gasteiger charge is -2.04. The Labute approximate surface area is 117 Å². The van der Waals surface area contributed by atoms with Crippen molar-refractivity contribution in [2.24, 2.45) is 0 Å². The number of rotatable bonds is 2. The number of hydrogen-bond donors (Lipinski definition) is 1. The van der Waals surface area contributed by atoms with E-state index < -0.39 is 0 Å². The van der Waals surface area contributed by atoms with Gasteiger partial charge < -0.3 is 5.11 Å². The summed E-state index contributed by atoms with van der Waals surface area (Å²) in [6, 6.07) is 13.0. The fourth-order valence-electron chi connectivity index (χ4n) is 1.20. The minimum atomic E-state index is 0.287. The molecule has 2 rings (SSSR count). The third-order valence-electron chi connectivity index (χ3n) is 1.96. The van der Waals surface area contributed by atoms with Crippen LogP contribution >= 0.6 is 46.0 Å². The Morgan fingerprint density at radius 3 is 2.38 bits per heavy atom. The molecule has 0 unspecified atom stereocenters. The van der Waals surface area contributed by atoms with Crippen LogP contribution in [0.3, 0.4) is 0 Å². The summed E-state index contributed by atoms with van der Waals surface area (Å²) in [6.07, 6.45) is 0. The van der Waals surface area contributed by atoms with Crippen LogP contribution in [0.15, 0.2) is 52.3 Å². The first kappa shape index (κ1) is 12.1. The lowest BCUT2D eigenvalue weighted by molar-refractivity contribution is 0.475. The van der Waals surface area contributed by atoms with Crippen LogP contribution in [0.4, 0.5) is 0 Å². The quantitative estimate of drug-likeness (QED) is 0.774. The summed E-state index contributed by atoms with van der Waals surface area (Å²) < 4.78 is 1.13. The van der Waals surface area contributed by atoms with E-state index in [0.717, 1.165) is 18.4 Å². The van der Waals surface area contributed by atoms with E-state index in [1.807, 2.05) is 30.3 Å². The van der Waals surface area contributed by atoms with Gasteiger partial charge >= 0.3 is 0 Å². The first-order valence-electron chi connectivity index (χ1n) is 4.57. The maximum absolute atomic E-state index is 9.19. The molecule has 0 saturated carbocycles. The van der Waals surface area contributed by atoms with Gasteiger partial charge in [-0.25, -0.2) is 0 Å². The van der Waals surface area contributed by atoms with Gasteiger partial charge in [0.1, 0.15) is 5.75 Å². The van der Waals surface area contributed by atoms with Gasteiger partial charge in [-0.05, 0) is 65.1 Å². The highest BCUT2D eigenvalue weighted by atomic mass is 127. The zero-order valence-electron chi connectivity index (χ0n) is 8.15. The van der Waals surface area contributed by atoms with Gasteiger partial charge in [-0.3, -0.25) is 0 Å². The average molecular weight is 363 g/mol. The summed E-state index contributed by atoms with van der Waals surface area (Å²) in [4.78, 5) is 2.26. The lowest BCUT2D eigenvalue weighted by Crippen LogP contribution is -1.79. The Kier molecular flexibility index (Phi) is 4.00. The first-order chi connectivity index (χ1) is 7.65. The summed E-state index contributed by atoms with van der Waals surface area (Å²) in [6.45, 7) is 0. The highest BCUT2D eigenvalue weighted by molar-refractivity contribution is 14.1. The highest BCUT2D eigenvalue weighted by Gasteiger charge is 2.03. The second-order valence-electron chi connectivity index (χ2n) is 3.17. The number of halogens is 2. The first-order valence-corrected chi connectivity index (χ1v) is 6.84. The van der Waals surface area contributed by atoms with Gasteiger partial charge in [-0.2, -0.15) is 0 Å². The van der Waals surface area contributed by atoms with Gasteiger partial charge in [0, 0.05) is 18.4 Å². The van der Waals surface area contributed by atoms with Gasteiger partial charge in [0.05, 0.1) is 0 Å². The minimum Gasteiger partial charge on any atom is -0.508 e. The van der Waals surface area contributed by atoms with Gasteiger partial charge in [0.2, 0.25) is 0 Å². The molecule has 0 fully saturated rings. The van der Waals surface area contributed by atoms with Gasteiger partial charge in [-0.15, -0.1) is 0 Å². The monoisotopic (exact) mass is 362 g/mol. The van der Waals surface area contributed by atoms with Crippen LogP contribution in [0.2, 0.25) is 5.02 Å². The van der Waals surface area contributed by atoms with E-state index in [2.05, 4.69) is 22.6 Å². The number of hydrogen-bond acceptors (Lipinski definition) is 2. The SMILES string of the molecule is Oc1ccc(Sc2ccc(Cl)cc2I)cc1. The molecule has 0 saturated heterocycles. The molecule has 0 amide bonds. The molecular weight excluding hydrogens is 355 g/mol. The van der Waals surface area contributed by atoms with Crippen molar-refractivity contribution in [3.63, 3.8) is 0 Å². The average Bonchev–Trinajstić information content (AvgIpc) is 2.25. The van der Waals surface area contributed by atoms with Crippen molar-refractivity contribution in [3.8, 4) is 5.75 Å². The van der Waals surface area contributed by atoms with Crippen molar-refractivity contribution < 1.29 is 5.11 Å². The zero-order chi connectivity index (χ0) is 11.5. The Morgan fingerprint density at radius 1 is 1.06 bits per heavy atom. The number of phenols is 1. The Bertz CT molecular complexity index is 499. The largest absolute Gasteiger partial charge is 0.508 e. The molecule has 0 bridgehead atoms. The minimum absolute atomic E-state index is 0.287. The molecule has 0 aliphatic carbocycles. The molecule has 4 heteroatoms. The van der Waals surface area contributed by atoms with Gasteiger partial charge in [0.25, 0.3) is 0 Å². The van der Waals surface area contributed by atoms with Crippen LogP contribution in [-0.4, -0.2) is 5.11 Å². The van der Waals surface area contributed by atoms with E-state index in [9.17, 15) is 5.11 Å². The lowest BCUT2D eigenvalue weighted by atomic mass is 10.3. The molecule has 1 nitrogen and oxygen atoms in total. The van der Waals surface area contributed by atoms with Crippen LogP contribution in [-0.2, 0) is 0 Å². The topological polar surface area (TPSA) is 20.2 Å². The maximum atomic E-state index is 9.19. The van der Waals surface area contributed by atoms with Crippen LogP contribution in [0.5, 0.6) is 5.75 Å². The van der Waals surface area contributed by atoms with Crippen LogP contribution < -0.4 is 0 Å². The van der Waals surface area contributed by atoms with Crippen LogP contribution in [0, 0.1) is 3.57 Å². The number of phenolic OH excluding ortho intramolecular Hbond substituents is 1. The summed E-state index contributed by atoms with van der Waals surface area (Å²) in [5.41, 5.74) is 0. The van der Waals surface area contributed by atoms with Crippen molar-refractivity contribution in [3.05, 3.63) is 51.1 Å². The van der Waals surface area contributed by atoms with Crippen LogP contribution in [0.25, 0.3) is 0 Å². The predicted molar refractivity (Wildman–Crippen MR) is 76.4 cm³/mol. The summed E-state index contributed by atoms with van der Waals surface area (Å²) in [5.74, 6) is 0.287. The van der Waals surface area contributed by atoms with Gasteiger partial charge in [-0.1, -0.05) is 23.4 Å². The van der Waals surface area contributed by atoms with Crippen molar-refractivity contribution in [2.75, 3.05) is 0 Å². The Morgan fingerprint density at radius 2 is 1.75 bits per heavy atom. The van der Waals surface area contributed by atoms with Crippen molar-refractivity contribution in [1.82, 2.24) is 0 Å². The normalized spacial score (nSPS) is 10.4. The van der Waals surface area contributed by atoms with Crippen LogP contribution in [0.1, 0.15) is 0 Å². The summed E-state index contributed by atoms with van der Waals surface area (Å²) in [5, 5.41) is 9.94. The van der Waals surface area contributed by atoms with E-state index in [1.54, 1.807) is 23.9 Å². The smallest absolute Gasteiger partial charge is 0.115 e. The third-order valence-corrected chi connectivity index (χ3v) is 4.54. The number of aromatic hydroxyl groups is 1. The molecule has 0 aliphatic rings. The van der Waals surface area contributed by atoms with E-state index in [0.29, 0.717) is 0 Å². The maximum Gasteiger partial charge on any atom is 0.115 e. The van der Waals surface area contributed by atoms with Gasteiger partial charge in [0.15, 0.2) is 0 Å². The summed E-state index contributed by atoms with van der Waals surface area (Å²) >= 11 is 9.81. The van der Waals surface area contributed by atoms with E-state index in [1.165, 1.54) is 0 Å². The second kappa shape index (κ2) is 5.29. The van der Waals surface area contributed by atoms with E-state index >= 15 is 0 Å². The Hall–Kier alpha value is -0.390. The third kappa shape index (κ3) is 3.06. The molecule has 0 aliphatic heterocycles. The van der Waals surface area contributed by atoms with Crippen molar-refractivity contribution in [1.29, 1.82) is 0 Å². The highest BCUT2D eigenvalue weighted by Crippen LogP contribution is 2.33. The molecule has 82 valence electrons. The zero-order valence-corrected chi connectivity index (χ0v) is 11.9. The van der Waals surface area contributed by atoms with E-state index in [-0.39, 0.29) is 5.75 Å². The summed E-state index contributed by atoms with van der Waals surface area (Å²) in [7, 11) is 0. The molecule has 1 N–H and O–H groups in total. The molecule has 0 radical (unpaired) electrons. The fraction of sp³-hybridized carbons (Fsp3) is 0. The fourth-order valence-corrected chi connectivity index (χ4v) is 3.22. The molecule has 0 spiro atoms. The molecule has 0 atom stereocenters. The second-order valence-corrected chi connectivity index (χ2v) is 5.88. The van der Waals surface area contributed by atoms with E-state index in [4.69, 9.17) is 11.6 Å². The van der Waals surface area contributed by atoms with Crippen molar-refractivity contribution in [2.45, 2.75) is 9.79 Å². The Balaban J connectivity index is 2.23. The molecule has 0 heterocycles. The molecule has 16 heavy (non-hydrogen) atoms. The molecule has 2 aromatic rings. The molecular formula is C12H8ClIOS. The number of benzene rings is 2. The predicted octanol–water partition coefficient (Wildman–Crippen LogP) is 4.80. The molecule has 2 aromatic carbocycles. The van der Waals surface area contributed by atoms with Crippen molar-refractivity contribution >= 4 is 46.0 Å².